The van der Waals surface area contributed by atoms with Gasteiger partial charge in [-0.1, -0.05) is 70.8 Å². The van der Waals surface area contributed by atoms with Crippen LogP contribution in [0.5, 0.6) is 11.5 Å². The lowest BCUT2D eigenvalue weighted by atomic mass is 10.1. The van der Waals surface area contributed by atoms with Crippen LogP contribution in [0, 0.1) is 0 Å². The predicted octanol–water partition coefficient (Wildman–Crippen LogP) is 3.78. The van der Waals surface area contributed by atoms with E-state index in [1.165, 1.54) is 63.5 Å². The van der Waals surface area contributed by atoms with Gasteiger partial charge < -0.3 is 31.1 Å². The van der Waals surface area contributed by atoms with Crippen molar-refractivity contribution in [2.24, 2.45) is 5.73 Å². The number of carboxylic acids is 1. The molecular weight excluding hydrogens is 452 g/mol. The predicted molar refractivity (Wildman–Crippen MR) is 133 cm³/mol. The number of rotatable bonds is 15. The summed E-state index contributed by atoms with van der Waals surface area (Å²) in [7, 11) is 0. The number of unbranched alkanes of at least 4 members (excludes halogenated alkanes) is 9. The van der Waals surface area contributed by atoms with E-state index in [1.807, 2.05) is 0 Å². The van der Waals surface area contributed by atoms with E-state index in [4.69, 9.17) is 15.6 Å². The molecule has 1 aromatic rings. The molecule has 1 aliphatic rings. The lowest BCUT2D eigenvalue weighted by Crippen LogP contribution is -2.34. The maximum atomic E-state index is 11.9. The number of carbonyl (C=O) groups excluding carboxylic acids is 2. The molecule has 0 spiro atoms. The molecule has 1 amide bonds. The molecule has 1 aliphatic heterocycles. The van der Waals surface area contributed by atoms with Crippen LogP contribution >= 0.6 is 0 Å². The highest BCUT2D eigenvalue weighted by molar-refractivity contribution is 5.87. The summed E-state index contributed by atoms with van der Waals surface area (Å²) in [5.41, 5.74) is 6.53. The average Bonchev–Trinajstić information content (AvgIpc) is 3.27. The lowest BCUT2D eigenvalue weighted by Gasteiger charge is -2.12. The van der Waals surface area contributed by atoms with Gasteiger partial charge in [0.1, 0.15) is 12.1 Å². The van der Waals surface area contributed by atoms with Crippen molar-refractivity contribution in [1.82, 2.24) is 5.32 Å². The fourth-order valence-electron chi connectivity index (χ4n) is 3.70. The molecule has 2 rings (SSSR count). The van der Waals surface area contributed by atoms with Crippen LogP contribution < -0.4 is 11.1 Å². The first-order chi connectivity index (χ1) is 16.7. The van der Waals surface area contributed by atoms with Crippen molar-refractivity contribution in [3.05, 3.63) is 23.8 Å². The number of carboxylic acid groups (broad SMARTS) is 1. The number of nitrogens with two attached hydrogens (primary N) is 1. The Morgan fingerprint density at radius 2 is 1.63 bits per heavy atom. The fraction of sp³-hybridized carbons (Fsp3) is 0.654. The molecule has 9 heteroatoms. The van der Waals surface area contributed by atoms with Crippen molar-refractivity contribution in [2.75, 3.05) is 6.61 Å². The van der Waals surface area contributed by atoms with Crippen molar-refractivity contribution in [1.29, 1.82) is 0 Å². The monoisotopic (exact) mass is 494 g/mol. The van der Waals surface area contributed by atoms with E-state index in [1.54, 1.807) is 6.07 Å². The first-order valence-corrected chi connectivity index (χ1v) is 12.7. The third-order valence-electron chi connectivity index (χ3n) is 5.83. The van der Waals surface area contributed by atoms with Crippen LogP contribution in [0.1, 0.15) is 89.5 Å². The highest BCUT2D eigenvalue weighted by Crippen LogP contribution is 2.25. The van der Waals surface area contributed by atoms with E-state index in [-0.39, 0.29) is 23.8 Å². The second-order valence-electron chi connectivity index (χ2n) is 8.98. The van der Waals surface area contributed by atoms with Gasteiger partial charge in [-0.05, 0) is 37.0 Å². The standard InChI is InChI=1S/C21H35NO4.C5H7NO3/c1-2-3-4-5-6-7-8-9-10-11-14-26-21(25)18(22)15-17-12-13-19(23)20(24)16-17;7-4-2-1-3(6-4)5(8)9/h12-13,16,18,23-24H,2-11,14-15,22H2,1H3;3H,1-2H2,(H,6,7)(H,8,9)/t18-;3-/m00/s1. The van der Waals surface area contributed by atoms with E-state index >= 15 is 0 Å². The van der Waals surface area contributed by atoms with Gasteiger partial charge >= 0.3 is 11.9 Å². The van der Waals surface area contributed by atoms with Crippen molar-refractivity contribution in [3.8, 4) is 11.5 Å². The molecule has 0 radical (unpaired) electrons. The zero-order valence-corrected chi connectivity index (χ0v) is 20.8. The normalized spacial score (nSPS) is 15.6. The fourth-order valence-corrected chi connectivity index (χ4v) is 3.70. The second kappa shape index (κ2) is 17.6. The van der Waals surface area contributed by atoms with Gasteiger partial charge in [0.05, 0.1) is 6.61 Å². The number of esters is 1. The number of ether oxygens (including phenoxy) is 1. The minimum Gasteiger partial charge on any atom is -0.504 e. The highest BCUT2D eigenvalue weighted by Gasteiger charge is 2.26. The molecule has 9 nitrogen and oxygen atoms in total. The molecule has 1 heterocycles. The molecule has 35 heavy (non-hydrogen) atoms. The van der Waals surface area contributed by atoms with Gasteiger partial charge in [-0.15, -0.1) is 0 Å². The first kappa shape index (κ1) is 30.2. The number of nitrogens with one attached hydrogen (secondary N) is 1. The Balaban J connectivity index is 0.000000566. The van der Waals surface area contributed by atoms with Gasteiger partial charge in [-0.25, -0.2) is 4.79 Å². The van der Waals surface area contributed by atoms with Crippen LogP contribution in [-0.2, 0) is 25.5 Å². The molecular formula is C26H42N2O7. The molecule has 1 fully saturated rings. The molecule has 0 unspecified atom stereocenters. The van der Waals surface area contributed by atoms with Crippen LogP contribution in [0.3, 0.4) is 0 Å². The van der Waals surface area contributed by atoms with E-state index in [2.05, 4.69) is 12.2 Å². The van der Waals surface area contributed by atoms with Gasteiger partial charge in [0.15, 0.2) is 11.5 Å². The van der Waals surface area contributed by atoms with Crippen molar-refractivity contribution in [2.45, 2.75) is 102 Å². The number of hydrogen-bond donors (Lipinski definition) is 5. The molecule has 0 saturated carbocycles. The zero-order chi connectivity index (χ0) is 26.1. The molecule has 0 aromatic heterocycles. The summed E-state index contributed by atoms with van der Waals surface area (Å²) in [6.45, 7) is 2.64. The Bertz CT molecular complexity index is 785. The van der Waals surface area contributed by atoms with Crippen LogP contribution in [0.25, 0.3) is 0 Å². The second-order valence-corrected chi connectivity index (χ2v) is 8.98. The van der Waals surface area contributed by atoms with E-state index in [9.17, 15) is 24.6 Å². The SMILES string of the molecule is CCCCCCCCCCCCOC(=O)[C@@H](N)Cc1ccc(O)c(O)c1.O=C1CC[C@@H](C(=O)O)N1. The molecule has 0 bridgehead atoms. The van der Waals surface area contributed by atoms with Crippen LogP contribution in [0.4, 0.5) is 0 Å². The Morgan fingerprint density at radius 3 is 2.11 bits per heavy atom. The van der Waals surface area contributed by atoms with Crippen molar-refractivity contribution >= 4 is 17.8 Å². The number of phenolic OH excluding ortho intramolecular Hbond substituents is 2. The van der Waals surface area contributed by atoms with Crippen molar-refractivity contribution < 1.29 is 34.4 Å². The minimum absolute atomic E-state index is 0.164. The number of aliphatic carboxylic acids is 1. The van der Waals surface area contributed by atoms with Gasteiger partial charge in [-0.2, -0.15) is 0 Å². The summed E-state index contributed by atoms with van der Waals surface area (Å²) < 4.78 is 5.23. The summed E-state index contributed by atoms with van der Waals surface area (Å²) in [5, 5.41) is 29.4. The summed E-state index contributed by atoms with van der Waals surface area (Å²) in [6.07, 6.45) is 13.4. The summed E-state index contributed by atoms with van der Waals surface area (Å²) in [6, 6.07) is 3.02. The van der Waals surface area contributed by atoms with Gasteiger partial charge in [0, 0.05) is 6.42 Å². The lowest BCUT2D eigenvalue weighted by molar-refractivity contribution is -0.145. The molecule has 6 N–H and O–H groups in total. The van der Waals surface area contributed by atoms with Crippen LogP contribution in [0.2, 0.25) is 0 Å². The van der Waals surface area contributed by atoms with Gasteiger partial charge in [0.2, 0.25) is 5.91 Å². The van der Waals surface area contributed by atoms with E-state index in [0.717, 1.165) is 12.8 Å². The Morgan fingerprint density at radius 1 is 1.03 bits per heavy atom. The quantitative estimate of drug-likeness (QED) is 0.140. The Hall–Kier alpha value is -2.81. The smallest absolute Gasteiger partial charge is 0.326 e. The minimum atomic E-state index is -0.944. The van der Waals surface area contributed by atoms with Gasteiger partial charge in [-0.3, -0.25) is 9.59 Å². The zero-order valence-electron chi connectivity index (χ0n) is 20.8. The largest absolute Gasteiger partial charge is 0.504 e. The van der Waals surface area contributed by atoms with Gasteiger partial charge in [0.25, 0.3) is 0 Å². The molecule has 2 atom stereocenters. The first-order valence-electron chi connectivity index (χ1n) is 12.7. The molecule has 1 aromatic carbocycles. The third-order valence-corrected chi connectivity index (χ3v) is 5.83. The number of amides is 1. The number of phenols is 2. The molecule has 1 saturated heterocycles. The molecule has 198 valence electrons. The topological polar surface area (TPSA) is 159 Å². The summed E-state index contributed by atoms with van der Waals surface area (Å²) in [5.74, 6) is -1.93. The average molecular weight is 495 g/mol. The maximum Gasteiger partial charge on any atom is 0.326 e. The summed E-state index contributed by atoms with van der Waals surface area (Å²) >= 11 is 0. The molecule has 0 aliphatic carbocycles. The van der Waals surface area contributed by atoms with Crippen LogP contribution in [-0.4, -0.2) is 51.9 Å². The summed E-state index contributed by atoms with van der Waals surface area (Å²) in [4.78, 5) is 32.4. The van der Waals surface area contributed by atoms with E-state index in [0.29, 0.717) is 25.0 Å². The number of carbonyl (C=O) groups is 3. The van der Waals surface area contributed by atoms with E-state index < -0.39 is 24.0 Å². The Labute approximate surface area is 208 Å². The number of benzene rings is 1. The maximum absolute atomic E-state index is 11.9. The Kier molecular flexibility index (Phi) is 15.2. The highest BCUT2D eigenvalue weighted by atomic mass is 16.5. The third kappa shape index (κ3) is 13.6. The number of aromatic hydroxyl groups is 2. The van der Waals surface area contributed by atoms with Crippen LogP contribution in [0.15, 0.2) is 18.2 Å². The van der Waals surface area contributed by atoms with Crippen molar-refractivity contribution in [3.63, 3.8) is 0 Å². The number of hydrogen-bond acceptors (Lipinski definition) is 7.